The Morgan fingerprint density at radius 2 is 2.10 bits per heavy atom. The average molecular weight is 303 g/mol. The van der Waals surface area contributed by atoms with E-state index in [0.717, 1.165) is 28.0 Å². The summed E-state index contributed by atoms with van der Waals surface area (Å²) in [5, 5.41) is 4.86. The summed E-state index contributed by atoms with van der Waals surface area (Å²) >= 11 is 1.96. The van der Waals surface area contributed by atoms with Crippen molar-refractivity contribution in [3.8, 4) is 11.5 Å². The van der Waals surface area contributed by atoms with Gasteiger partial charge < -0.3 is 10.3 Å². The molecular weight excluding hydrogens is 282 g/mol. The average Bonchev–Trinajstić information content (AvgIpc) is 3.03. The Balaban J connectivity index is 1.62. The van der Waals surface area contributed by atoms with Gasteiger partial charge in [-0.2, -0.15) is 16.7 Å². The van der Waals surface area contributed by atoms with Gasteiger partial charge in [0.15, 0.2) is 5.82 Å². The van der Waals surface area contributed by atoms with E-state index in [2.05, 4.69) is 10.1 Å². The fourth-order valence-corrected chi connectivity index (χ4v) is 3.85. The van der Waals surface area contributed by atoms with Gasteiger partial charge in [-0.05, 0) is 30.5 Å². The van der Waals surface area contributed by atoms with Crippen molar-refractivity contribution in [2.24, 2.45) is 5.73 Å². The minimum atomic E-state index is 0.520. The normalized spacial score (nSPS) is 16.2. The number of thioether (sulfide) groups is 1. The van der Waals surface area contributed by atoms with Crippen molar-refractivity contribution in [1.82, 2.24) is 10.1 Å². The van der Waals surface area contributed by atoms with Crippen molar-refractivity contribution < 1.29 is 4.52 Å². The Kier molecular flexibility index (Phi) is 4.93. The zero-order valence-electron chi connectivity index (χ0n) is 12.1. The Labute approximate surface area is 129 Å². The van der Waals surface area contributed by atoms with Gasteiger partial charge in [-0.25, -0.2) is 0 Å². The second-order valence-corrected chi connectivity index (χ2v) is 6.78. The summed E-state index contributed by atoms with van der Waals surface area (Å²) in [6.45, 7) is 0.520. The van der Waals surface area contributed by atoms with E-state index in [1.807, 2.05) is 36.0 Å². The molecule has 0 spiro atoms. The Morgan fingerprint density at radius 3 is 2.90 bits per heavy atom. The standard InChI is InChI=1S/C16H21N3OS/c17-10-12-5-4-6-13(9-12)16-18-15(19-20-16)11-21-14-7-2-1-3-8-14/h4-6,9,14H,1-3,7-8,10-11,17H2. The van der Waals surface area contributed by atoms with E-state index in [-0.39, 0.29) is 0 Å². The highest BCUT2D eigenvalue weighted by atomic mass is 32.2. The first-order chi connectivity index (χ1) is 10.3. The molecule has 2 N–H and O–H groups in total. The zero-order chi connectivity index (χ0) is 14.5. The number of hydrogen-bond acceptors (Lipinski definition) is 5. The molecule has 4 nitrogen and oxygen atoms in total. The molecule has 0 amide bonds. The molecule has 0 radical (unpaired) electrons. The van der Waals surface area contributed by atoms with Crippen LogP contribution < -0.4 is 5.73 Å². The molecule has 0 bridgehead atoms. The first-order valence-corrected chi connectivity index (χ1v) is 8.63. The van der Waals surface area contributed by atoms with Crippen molar-refractivity contribution in [2.75, 3.05) is 0 Å². The Bertz CT molecular complexity index is 578. The van der Waals surface area contributed by atoms with Crippen molar-refractivity contribution in [3.63, 3.8) is 0 Å². The smallest absolute Gasteiger partial charge is 0.257 e. The molecule has 112 valence electrons. The van der Waals surface area contributed by atoms with Gasteiger partial charge >= 0.3 is 0 Å². The van der Waals surface area contributed by atoms with E-state index in [4.69, 9.17) is 10.3 Å². The van der Waals surface area contributed by atoms with Crippen LogP contribution in [-0.4, -0.2) is 15.4 Å². The molecule has 1 heterocycles. The number of hydrogen-bond donors (Lipinski definition) is 1. The molecule has 0 saturated heterocycles. The minimum absolute atomic E-state index is 0.520. The molecule has 1 fully saturated rings. The van der Waals surface area contributed by atoms with Crippen molar-refractivity contribution in [3.05, 3.63) is 35.7 Å². The van der Waals surface area contributed by atoms with E-state index >= 15 is 0 Å². The van der Waals surface area contributed by atoms with Gasteiger partial charge in [-0.1, -0.05) is 36.6 Å². The summed E-state index contributed by atoms with van der Waals surface area (Å²) in [5.74, 6) is 2.22. The number of nitrogens with zero attached hydrogens (tertiary/aromatic N) is 2. The predicted molar refractivity (Wildman–Crippen MR) is 85.8 cm³/mol. The van der Waals surface area contributed by atoms with Crippen LogP contribution in [0.15, 0.2) is 28.8 Å². The van der Waals surface area contributed by atoms with E-state index in [1.54, 1.807) is 0 Å². The van der Waals surface area contributed by atoms with Crippen molar-refractivity contribution in [1.29, 1.82) is 0 Å². The molecule has 0 aliphatic heterocycles. The van der Waals surface area contributed by atoms with E-state index in [0.29, 0.717) is 12.4 Å². The SMILES string of the molecule is NCc1cccc(-c2nc(CSC3CCCCC3)no2)c1. The number of rotatable bonds is 5. The summed E-state index contributed by atoms with van der Waals surface area (Å²) in [7, 11) is 0. The highest BCUT2D eigenvalue weighted by Crippen LogP contribution is 2.30. The van der Waals surface area contributed by atoms with E-state index in [1.165, 1.54) is 32.1 Å². The van der Waals surface area contributed by atoms with Crippen LogP contribution in [0.2, 0.25) is 0 Å². The summed E-state index contributed by atoms with van der Waals surface area (Å²) in [5.41, 5.74) is 7.68. The van der Waals surface area contributed by atoms with Crippen LogP contribution in [0.4, 0.5) is 0 Å². The third-order valence-electron chi connectivity index (χ3n) is 3.88. The molecule has 3 rings (SSSR count). The third kappa shape index (κ3) is 3.86. The van der Waals surface area contributed by atoms with Gasteiger partial charge in [-0.15, -0.1) is 0 Å². The first-order valence-electron chi connectivity index (χ1n) is 7.59. The fraction of sp³-hybridized carbons (Fsp3) is 0.500. The van der Waals surface area contributed by atoms with E-state index in [9.17, 15) is 0 Å². The highest BCUT2D eigenvalue weighted by molar-refractivity contribution is 7.99. The quantitative estimate of drug-likeness (QED) is 0.911. The maximum absolute atomic E-state index is 5.66. The van der Waals surface area contributed by atoms with Crippen LogP contribution in [0, 0.1) is 0 Å². The van der Waals surface area contributed by atoms with Crippen molar-refractivity contribution in [2.45, 2.75) is 49.7 Å². The van der Waals surface area contributed by atoms with Gasteiger partial charge in [-0.3, -0.25) is 0 Å². The molecule has 1 aromatic heterocycles. The van der Waals surface area contributed by atoms with Gasteiger partial charge in [0.1, 0.15) is 0 Å². The molecule has 1 aliphatic carbocycles. The summed E-state index contributed by atoms with van der Waals surface area (Å²) in [6.07, 6.45) is 6.77. The second-order valence-electron chi connectivity index (χ2n) is 5.49. The molecule has 1 aliphatic rings. The second kappa shape index (κ2) is 7.09. The third-order valence-corrected chi connectivity index (χ3v) is 5.25. The molecular formula is C16H21N3OS. The molecule has 5 heteroatoms. The largest absolute Gasteiger partial charge is 0.334 e. The summed E-state index contributed by atoms with van der Waals surface area (Å²) < 4.78 is 5.37. The van der Waals surface area contributed by atoms with Gasteiger partial charge in [0, 0.05) is 17.4 Å². The highest BCUT2D eigenvalue weighted by Gasteiger charge is 2.16. The lowest BCUT2D eigenvalue weighted by atomic mass is 10.0. The topological polar surface area (TPSA) is 64.9 Å². The number of aromatic nitrogens is 2. The van der Waals surface area contributed by atoms with Crippen LogP contribution in [0.1, 0.15) is 43.5 Å². The van der Waals surface area contributed by atoms with Gasteiger partial charge in [0.25, 0.3) is 5.89 Å². The molecule has 21 heavy (non-hydrogen) atoms. The molecule has 1 saturated carbocycles. The Hall–Kier alpha value is -1.33. The van der Waals surface area contributed by atoms with Crippen LogP contribution in [0.25, 0.3) is 11.5 Å². The molecule has 0 atom stereocenters. The van der Waals surface area contributed by atoms with Crippen LogP contribution >= 0.6 is 11.8 Å². The summed E-state index contributed by atoms with van der Waals surface area (Å²) in [6, 6.07) is 7.95. The van der Waals surface area contributed by atoms with E-state index < -0.39 is 0 Å². The Morgan fingerprint density at radius 1 is 1.24 bits per heavy atom. The number of nitrogens with two attached hydrogens (primary N) is 1. The lowest BCUT2D eigenvalue weighted by molar-refractivity contribution is 0.425. The minimum Gasteiger partial charge on any atom is -0.334 e. The van der Waals surface area contributed by atoms with Gasteiger partial charge in [0.2, 0.25) is 0 Å². The maximum Gasteiger partial charge on any atom is 0.257 e. The molecule has 1 aromatic carbocycles. The summed E-state index contributed by atoms with van der Waals surface area (Å²) in [4.78, 5) is 4.50. The van der Waals surface area contributed by atoms with Crippen LogP contribution in [0.3, 0.4) is 0 Å². The fourth-order valence-electron chi connectivity index (χ4n) is 2.69. The van der Waals surface area contributed by atoms with Crippen LogP contribution in [0.5, 0.6) is 0 Å². The van der Waals surface area contributed by atoms with Crippen molar-refractivity contribution >= 4 is 11.8 Å². The maximum atomic E-state index is 5.66. The lowest BCUT2D eigenvalue weighted by Crippen LogP contribution is -2.08. The number of benzene rings is 1. The molecule has 0 unspecified atom stereocenters. The molecule has 2 aromatic rings. The van der Waals surface area contributed by atoms with Gasteiger partial charge in [0.05, 0.1) is 5.75 Å². The monoisotopic (exact) mass is 303 g/mol. The van der Waals surface area contributed by atoms with Crippen LogP contribution in [-0.2, 0) is 12.3 Å². The first kappa shape index (κ1) is 14.6. The zero-order valence-corrected chi connectivity index (χ0v) is 12.9. The predicted octanol–water partition coefficient (Wildman–Crippen LogP) is 3.76. The lowest BCUT2D eigenvalue weighted by Gasteiger charge is -2.19.